The van der Waals surface area contributed by atoms with Crippen LogP contribution in [0, 0.1) is 12.8 Å². The van der Waals surface area contributed by atoms with Gasteiger partial charge in [0.25, 0.3) is 0 Å². The van der Waals surface area contributed by atoms with E-state index >= 15 is 0 Å². The summed E-state index contributed by atoms with van der Waals surface area (Å²) in [4.78, 5) is 15.4. The zero-order chi connectivity index (χ0) is 10.6. The minimum atomic E-state index is -0.0293. The Kier molecular flexibility index (Phi) is 3.62. The van der Waals surface area contributed by atoms with E-state index in [0.717, 1.165) is 6.42 Å². The molecule has 1 amide bonds. The van der Waals surface area contributed by atoms with E-state index in [0.29, 0.717) is 24.1 Å². The zero-order valence-electron chi connectivity index (χ0n) is 8.79. The Morgan fingerprint density at radius 1 is 1.64 bits per heavy atom. The third-order valence-electron chi connectivity index (χ3n) is 2.08. The molecule has 2 N–H and O–H groups in total. The van der Waals surface area contributed by atoms with Crippen molar-refractivity contribution in [3.63, 3.8) is 0 Å². The summed E-state index contributed by atoms with van der Waals surface area (Å²) in [7, 11) is 0. The molecule has 0 bridgehead atoms. The van der Waals surface area contributed by atoms with Crippen LogP contribution in [0.15, 0.2) is 0 Å². The van der Waals surface area contributed by atoms with E-state index in [1.54, 1.807) is 6.92 Å². The van der Waals surface area contributed by atoms with E-state index in [-0.39, 0.29) is 5.91 Å². The molecule has 0 aromatic carbocycles. The molecule has 1 atom stereocenters. The van der Waals surface area contributed by atoms with Crippen molar-refractivity contribution in [3.8, 4) is 0 Å². The minimum Gasteiger partial charge on any atom is -0.293 e. The van der Waals surface area contributed by atoms with Gasteiger partial charge in [0, 0.05) is 6.42 Å². The number of H-pyrrole nitrogens is 1. The summed E-state index contributed by atoms with van der Waals surface area (Å²) >= 11 is 0. The molecule has 1 unspecified atom stereocenters. The summed E-state index contributed by atoms with van der Waals surface area (Å²) in [5.41, 5.74) is 0. The minimum absolute atomic E-state index is 0.0293. The standard InChI is InChI=1S/C9H16N4O/c1-4-6(2)5-8(14)11-9-10-7(3)12-13-9/h6H,4-5H2,1-3H3,(H2,10,11,12,13,14). The van der Waals surface area contributed by atoms with Crippen molar-refractivity contribution in [2.45, 2.75) is 33.6 Å². The van der Waals surface area contributed by atoms with Crippen molar-refractivity contribution in [1.82, 2.24) is 15.2 Å². The van der Waals surface area contributed by atoms with E-state index in [2.05, 4.69) is 27.4 Å². The van der Waals surface area contributed by atoms with Gasteiger partial charge in [0.1, 0.15) is 5.82 Å². The summed E-state index contributed by atoms with van der Waals surface area (Å²) < 4.78 is 0. The molecule has 0 saturated carbocycles. The number of carbonyl (C=O) groups excluding carboxylic acids is 1. The molecule has 78 valence electrons. The Balaban J connectivity index is 2.41. The topological polar surface area (TPSA) is 70.7 Å². The number of hydrogen-bond donors (Lipinski definition) is 2. The van der Waals surface area contributed by atoms with Gasteiger partial charge in [-0.05, 0) is 12.8 Å². The van der Waals surface area contributed by atoms with Crippen molar-refractivity contribution in [2.24, 2.45) is 5.92 Å². The summed E-state index contributed by atoms with van der Waals surface area (Å²) in [6.07, 6.45) is 1.52. The lowest BCUT2D eigenvalue weighted by Crippen LogP contribution is -2.15. The number of anilines is 1. The molecule has 0 aliphatic heterocycles. The molecule has 1 rings (SSSR count). The third-order valence-corrected chi connectivity index (χ3v) is 2.08. The smallest absolute Gasteiger partial charge is 0.248 e. The Hall–Kier alpha value is -1.39. The number of aryl methyl sites for hydroxylation is 1. The van der Waals surface area contributed by atoms with Crippen LogP contribution in [-0.2, 0) is 4.79 Å². The molecular weight excluding hydrogens is 180 g/mol. The molecule has 1 aromatic rings. The lowest BCUT2D eigenvalue weighted by atomic mass is 10.1. The van der Waals surface area contributed by atoms with Gasteiger partial charge in [0.05, 0.1) is 0 Å². The van der Waals surface area contributed by atoms with Gasteiger partial charge in [-0.25, -0.2) is 0 Å². The van der Waals surface area contributed by atoms with Crippen LogP contribution in [0.1, 0.15) is 32.5 Å². The van der Waals surface area contributed by atoms with Crippen LogP contribution < -0.4 is 5.32 Å². The number of nitrogens with one attached hydrogen (secondary N) is 2. The number of rotatable bonds is 4. The van der Waals surface area contributed by atoms with Crippen LogP contribution in [0.2, 0.25) is 0 Å². The zero-order valence-corrected chi connectivity index (χ0v) is 8.79. The van der Waals surface area contributed by atoms with Gasteiger partial charge in [-0.3, -0.25) is 15.2 Å². The molecule has 0 aliphatic rings. The quantitative estimate of drug-likeness (QED) is 0.766. The maximum absolute atomic E-state index is 11.4. The van der Waals surface area contributed by atoms with Gasteiger partial charge < -0.3 is 0 Å². The van der Waals surface area contributed by atoms with E-state index in [1.807, 2.05) is 6.92 Å². The maximum atomic E-state index is 11.4. The Bertz CT molecular complexity index is 308. The van der Waals surface area contributed by atoms with Gasteiger partial charge in [0.15, 0.2) is 0 Å². The molecule has 0 fully saturated rings. The van der Waals surface area contributed by atoms with Gasteiger partial charge >= 0.3 is 0 Å². The summed E-state index contributed by atoms with van der Waals surface area (Å²) in [6, 6.07) is 0. The first kappa shape index (κ1) is 10.7. The largest absolute Gasteiger partial charge is 0.293 e. The molecule has 0 saturated heterocycles. The highest BCUT2D eigenvalue weighted by molar-refractivity contribution is 5.88. The molecule has 0 aliphatic carbocycles. The van der Waals surface area contributed by atoms with Gasteiger partial charge in [-0.15, -0.1) is 5.10 Å². The number of hydrogen-bond acceptors (Lipinski definition) is 3. The normalized spacial score (nSPS) is 12.5. The van der Waals surface area contributed by atoms with Crippen molar-refractivity contribution in [3.05, 3.63) is 5.82 Å². The lowest BCUT2D eigenvalue weighted by Gasteiger charge is -2.06. The number of carbonyl (C=O) groups is 1. The van der Waals surface area contributed by atoms with Crippen molar-refractivity contribution >= 4 is 11.9 Å². The number of aromatic amines is 1. The fraction of sp³-hybridized carbons (Fsp3) is 0.667. The van der Waals surface area contributed by atoms with Crippen LogP contribution in [0.3, 0.4) is 0 Å². The monoisotopic (exact) mass is 196 g/mol. The number of aromatic nitrogens is 3. The molecule has 5 nitrogen and oxygen atoms in total. The first-order valence-corrected chi connectivity index (χ1v) is 4.80. The van der Waals surface area contributed by atoms with E-state index in [9.17, 15) is 4.79 Å². The highest BCUT2D eigenvalue weighted by atomic mass is 16.1. The molecule has 0 radical (unpaired) electrons. The van der Waals surface area contributed by atoms with Gasteiger partial charge in [-0.2, -0.15) is 4.98 Å². The summed E-state index contributed by atoms with van der Waals surface area (Å²) in [5, 5.41) is 9.12. The molecule has 14 heavy (non-hydrogen) atoms. The number of nitrogens with zero attached hydrogens (tertiary/aromatic N) is 2. The summed E-state index contributed by atoms with van der Waals surface area (Å²) in [5.74, 6) is 1.42. The first-order valence-electron chi connectivity index (χ1n) is 4.80. The fourth-order valence-electron chi connectivity index (χ4n) is 1.04. The van der Waals surface area contributed by atoms with Crippen LogP contribution in [0.4, 0.5) is 5.95 Å². The average molecular weight is 196 g/mol. The Morgan fingerprint density at radius 3 is 2.86 bits per heavy atom. The second-order valence-corrected chi connectivity index (χ2v) is 3.51. The predicted octanol–water partition coefficient (Wildman–Crippen LogP) is 1.49. The molecular formula is C9H16N4O. The van der Waals surface area contributed by atoms with Crippen LogP contribution in [0.25, 0.3) is 0 Å². The third kappa shape index (κ3) is 3.16. The van der Waals surface area contributed by atoms with E-state index in [4.69, 9.17) is 0 Å². The Morgan fingerprint density at radius 2 is 2.36 bits per heavy atom. The highest BCUT2D eigenvalue weighted by Gasteiger charge is 2.09. The van der Waals surface area contributed by atoms with Gasteiger partial charge in [-0.1, -0.05) is 20.3 Å². The SMILES string of the molecule is CCC(C)CC(=O)Nc1n[nH]c(C)n1. The van der Waals surface area contributed by atoms with Crippen molar-refractivity contribution in [2.75, 3.05) is 5.32 Å². The van der Waals surface area contributed by atoms with Crippen molar-refractivity contribution < 1.29 is 4.79 Å². The Labute approximate surface area is 83.3 Å². The van der Waals surface area contributed by atoms with Crippen LogP contribution >= 0.6 is 0 Å². The molecule has 0 spiro atoms. The van der Waals surface area contributed by atoms with Gasteiger partial charge in [0.2, 0.25) is 11.9 Å². The second kappa shape index (κ2) is 4.74. The molecule has 1 heterocycles. The average Bonchev–Trinajstić information content (AvgIpc) is 2.50. The van der Waals surface area contributed by atoms with Crippen LogP contribution in [0.5, 0.6) is 0 Å². The lowest BCUT2D eigenvalue weighted by molar-refractivity contribution is -0.117. The van der Waals surface area contributed by atoms with E-state index in [1.165, 1.54) is 0 Å². The first-order chi connectivity index (χ1) is 6.61. The predicted molar refractivity (Wildman–Crippen MR) is 53.8 cm³/mol. The van der Waals surface area contributed by atoms with Crippen LogP contribution in [-0.4, -0.2) is 21.1 Å². The number of amides is 1. The second-order valence-electron chi connectivity index (χ2n) is 3.51. The van der Waals surface area contributed by atoms with E-state index < -0.39 is 0 Å². The highest BCUT2D eigenvalue weighted by Crippen LogP contribution is 2.07. The van der Waals surface area contributed by atoms with Crippen molar-refractivity contribution in [1.29, 1.82) is 0 Å². The molecule has 5 heteroatoms. The molecule has 1 aromatic heterocycles. The fourth-order valence-corrected chi connectivity index (χ4v) is 1.04. The summed E-state index contributed by atoms with van der Waals surface area (Å²) in [6.45, 7) is 5.90. The maximum Gasteiger partial charge on any atom is 0.248 e.